The molecule has 0 saturated carbocycles. The van der Waals surface area contributed by atoms with Crippen LogP contribution in [0.15, 0.2) is 54.7 Å². The van der Waals surface area contributed by atoms with Crippen LogP contribution in [0.5, 0.6) is 0 Å². The van der Waals surface area contributed by atoms with Crippen LogP contribution in [-0.2, 0) is 36.0 Å². The summed E-state index contributed by atoms with van der Waals surface area (Å²) in [5.41, 5.74) is 1.87. The van der Waals surface area contributed by atoms with E-state index in [9.17, 15) is 24.3 Å². The highest BCUT2D eigenvalue weighted by Crippen LogP contribution is 2.60. The number of benzene rings is 2. The molecule has 4 N–H and O–H groups in total. The number of ether oxygens (including phenoxy) is 2. The second-order valence-electron chi connectivity index (χ2n) is 14.6. The Morgan fingerprint density at radius 3 is 2.65 bits per heavy atom. The molecule has 1 unspecified atom stereocenters. The lowest BCUT2D eigenvalue weighted by Crippen LogP contribution is -2.46. The molecule has 51 heavy (non-hydrogen) atoms. The Labute approximate surface area is 299 Å². The lowest BCUT2D eigenvalue weighted by atomic mass is 9.82. The van der Waals surface area contributed by atoms with Gasteiger partial charge in [0.1, 0.15) is 0 Å². The van der Waals surface area contributed by atoms with Gasteiger partial charge >= 0.3 is 5.97 Å². The number of nitrogens with zero attached hydrogens (tertiary/aromatic N) is 4. The highest BCUT2D eigenvalue weighted by molar-refractivity contribution is 6.71. The SMILES string of the molecule is COC(=O)CCCCN1C(=O)[C@]2(O[C@H](CCn3cc(C(CO)c4ccccc4)nn3)[C@@H]([Si](C)(C)O)[C@@H]2C)c2cc(NC(=O)[C@H]3CCCN3)ccc21. The van der Waals surface area contributed by atoms with Crippen molar-refractivity contribution in [3.05, 3.63) is 71.5 Å². The Morgan fingerprint density at radius 2 is 1.96 bits per heavy atom. The Balaban J connectivity index is 1.28. The number of aliphatic hydroxyl groups is 1. The molecule has 1 aromatic heterocycles. The number of hydrogen-bond acceptors (Lipinski definition) is 10. The van der Waals surface area contributed by atoms with E-state index in [1.54, 1.807) is 9.58 Å². The maximum atomic E-state index is 14.8. The van der Waals surface area contributed by atoms with Gasteiger partial charge in [-0.1, -0.05) is 42.5 Å². The van der Waals surface area contributed by atoms with E-state index >= 15 is 0 Å². The summed E-state index contributed by atoms with van der Waals surface area (Å²) >= 11 is 0. The molecule has 0 radical (unpaired) electrons. The first-order valence-corrected chi connectivity index (χ1v) is 21.0. The number of methoxy groups -OCH3 is 1. The fraction of sp³-hybridized carbons (Fsp3) is 0.541. The molecule has 2 aromatic carbocycles. The van der Waals surface area contributed by atoms with Gasteiger partial charge in [0.25, 0.3) is 5.91 Å². The topological polar surface area (TPSA) is 168 Å². The number of aromatic nitrogens is 3. The van der Waals surface area contributed by atoms with E-state index < -0.39 is 20.0 Å². The molecule has 3 aliphatic rings. The Morgan fingerprint density at radius 1 is 1.18 bits per heavy atom. The van der Waals surface area contributed by atoms with Gasteiger partial charge in [-0.3, -0.25) is 19.1 Å². The molecule has 2 saturated heterocycles. The molecule has 2 fully saturated rings. The van der Waals surface area contributed by atoms with Crippen LogP contribution in [-0.4, -0.2) is 89.9 Å². The summed E-state index contributed by atoms with van der Waals surface area (Å²) in [6, 6.07) is 14.9. The fourth-order valence-corrected chi connectivity index (χ4v) is 10.9. The van der Waals surface area contributed by atoms with Crippen molar-refractivity contribution in [2.45, 2.75) is 94.3 Å². The van der Waals surface area contributed by atoms with E-state index in [1.807, 2.05) is 74.7 Å². The maximum absolute atomic E-state index is 14.8. The molecule has 14 heteroatoms. The zero-order valence-electron chi connectivity index (χ0n) is 29.9. The minimum atomic E-state index is -2.93. The minimum absolute atomic E-state index is 0.110. The summed E-state index contributed by atoms with van der Waals surface area (Å²) in [5.74, 6) is -1.31. The second kappa shape index (κ2) is 15.3. The minimum Gasteiger partial charge on any atom is -0.469 e. The smallest absolute Gasteiger partial charge is 0.305 e. The molecule has 0 bridgehead atoms. The molecule has 3 aromatic rings. The van der Waals surface area contributed by atoms with Crippen molar-refractivity contribution >= 4 is 37.5 Å². The van der Waals surface area contributed by atoms with Gasteiger partial charge in [-0.2, -0.15) is 0 Å². The molecule has 6 atom stereocenters. The zero-order chi connectivity index (χ0) is 36.3. The van der Waals surface area contributed by atoms with E-state index in [1.165, 1.54) is 7.11 Å². The number of aliphatic hydroxyl groups excluding tert-OH is 1. The monoisotopic (exact) mass is 718 g/mol. The van der Waals surface area contributed by atoms with Crippen molar-refractivity contribution in [1.82, 2.24) is 20.3 Å². The summed E-state index contributed by atoms with van der Waals surface area (Å²) in [7, 11) is -1.56. The van der Waals surface area contributed by atoms with E-state index in [0.717, 1.165) is 24.9 Å². The number of rotatable bonds is 14. The number of anilines is 2. The van der Waals surface area contributed by atoms with Gasteiger partial charge < -0.3 is 34.9 Å². The van der Waals surface area contributed by atoms with Crippen molar-refractivity contribution < 1.29 is 33.8 Å². The molecule has 6 rings (SSSR count). The normalized spacial score (nSPS) is 25.0. The van der Waals surface area contributed by atoms with Gasteiger partial charge in [0.15, 0.2) is 13.9 Å². The number of amides is 2. The fourth-order valence-electron chi connectivity index (χ4n) is 8.32. The van der Waals surface area contributed by atoms with Gasteiger partial charge in [0.05, 0.1) is 43.2 Å². The molecular weight excluding hydrogens is 669 g/mol. The third kappa shape index (κ3) is 7.38. The standard InChI is InChI=1S/C37H50N6O7Si/c1-24-34(51(3,4)48)32(17-20-42-22-30(40-41-42)27(23-44)25-11-6-5-7-12-25)50-37(24)28-21-26(39-35(46)29-13-10-18-38-29)15-16-31(28)43(36(37)47)19-9-8-14-33(45)49-2/h5-7,11-12,15-16,21-22,24,27,29,32,34,38,44,48H,8-10,13-14,17-20,23H2,1-4H3,(H,39,46)/t24-,27?,29+,32+,34-,37+/m0/s1. The maximum Gasteiger partial charge on any atom is 0.305 e. The summed E-state index contributed by atoms with van der Waals surface area (Å²) < 4.78 is 13.5. The van der Waals surface area contributed by atoms with E-state index in [4.69, 9.17) is 9.47 Å². The average Bonchev–Trinajstić information content (AvgIpc) is 3.91. The zero-order valence-corrected chi connectivity index (χ0v) is 30.9. The first kappa shape index (κ1) is 36.8. The summed E-state index contributed by atoms with van der Waals surface area (Å²) in [6.07, 6.45) is 4.92. The molecule has 2 amide bonds. The molecular formula is C37H50N6O7Si. The van der Waals surface area contributed by atoms with Crippen LogP contribution >= 0.6 is 0 Å². The lowest BCUT2D eigenvalue weighted by molar-refractivity contribution is -0.146. The Bertz CT molecular complexity index is 1710. The van der Waals surface area contributed by atoms with E-state index in [2.05, 4.69) is 20.9 Å². The number of aryl methyl sites for hydroxylation is 1. The van der Waals surface area contributed by atoms with Crippen molar-refractivity contribution in [2.24, 2.45) is 5.92 Å². The van der Waals surface area contributed by atoms with Crippen LogP contribution in [0.1, 0.15) is 68.2 Å². The number of fused-ring (bicyclic) bond motifs is 2. The number of esters is 1. The average molecular weight is 719 g/mol. The predicted molar refractivity (Wildman–Crippen MR) is 193 cm³/mol. The van der Waals surface area contributed by atoms with Gasteiger partial charge in [-0.15, -0.1) is 5.10 Å². The summed E-state index contributed by atoms with van der Waals surface area (Å²) in [4.78, 5) is 53.1. The molecule has 13 nitrogen and oxygen atoms in total. The van der Waals surface area contributed by atoms with Crippen LogP contribution in [0.2, 0.25) is 18.6 Å². The Kier molecular flexibility index (Phi) is 11.1. The Hall–Kier alpha value is -3.95. The third-order valence-electron chi connectivity index (χ3n) is 10.8. The van der Waals surface area contributed by atoms with Crippen LogP contribution in [0.25, 0.3) is 0 Å². The summed E-state index contributed by atoms with van der Waals surface area (Å²) in [6.45, 7) is 7.26. The van der Waals surface area contributed by atoms with Crippen LogP contribution in [0.4, 0.5) is 11.4 Å². The first-order valence-electron chi connectivity index (χ1n) is 18.0. The number of carbonyl (C=O) groups excluding carboxylic acids is 3. The third-order valence-corrected chi connectivity index (χ3v) is 13.3. The highest BCUT2D eigenvalue weighted by Gasteiger charge is 2.66. The van der Waals surface area contributed by atoms with Crippen molar-refractivity contribution in [3.8, 4) is 0 Å². The number of hydrogen-bond donors (Lipinski definition) is 4. The van der Waals surface area contributed by atoms with Crippen molar-refractivity contribution in [3.63, 3.8) is 0 Å². The van der Waals surface area contributed by atoms with E-state index in [0.29, 0.717) is 55.0 Å². The number of nitrogens with one attached hydrogen (secondary N) is 2. The molecule has 4 heterocycles. The largest absolute Gasteiger partial charge is 0.469 e. The lowest BCUT2D eigenvalue weighted by Gasteiger charge is -2.32. The molecule has 3 aliphatic heterocycles. The first-order chi connectivity index (χ1) is 24.5. The molecule has 274 valence electrons. The number of carbonyl (C=O) groups is 3. The number of unbranched alkanes of at least 4 members (excludes halogenated alkanes) is 1. The quantitative estimate of drug-likeness (QED) is 0.110. The predicted octanol–water partition coefficient (Wildman–Crippen LogP) is 3.67. The molecule has 0 aliphatic carbocycles. The second-order valence-corrected chi connectivity index (χ2v) is 18.5. The van der Waals surface area contributed by atoms with Gasteiger partial charge in [0, 0.05) is 48.4 Å². The highest BCUT2D eigenvalue weighted by atomic mass is 28.4. The van der Waals surface area contributed by atoms with E-state index in [-0.39, 0.29) is 54.2 Å². The van der Waals surface area contributed by atoms with Crippen LogP contribution in [0, 0.1) is 5.92 Å². The van der Waals surface area contributed by atoms with Gasteiger partial charge in [-0.25, -0.2) is 0 Å². The summed E-state index contributed by atoms with van der Waals surface area (Å²) in [5, 5.41) is 25.2. The molecule has 1 spiro atoms. The van der Waals surface area contributed by atoms with Crippen molar-refractivity contribution in [2.75, 3.05) is 37.0 Å². The van der Waals surface area contributed by atoms with Crippen LogP contribution < -0.4 is 15.5 Å². The van der Waals surface area contributed by atoms with Gasteiger partial charge in [0.2, 0.25) is 5.91 Å². The van der Waals surface area contributed by atoms with Crippen molar-refractivity contribution in [1.29, 1.82) is 0 Å². The van der Waals surface area contributed by atoms with Crippen LogP contribution in [0.3, 0.4) is 0 Å². The van der Waals surface area contributed by atoms with Gasteiger partial charge in [-0.05, 0) is 75.5 Å².